The highest BCUT2D eigenvalue weighted by atomic mass is 16.5. The van der Waals surface area contributed by atoms with Crippen LogP contribution in [0.1, 0.15) is 29.6 Å². The summed E-state index contributed by atoms with van der Waals surface area (Å²) in [7, 11) is 0. The Kier molecular flexibility index (Phi) is 3.10. The molecule has 0 bridgehead atoms. The number of aromatic carboxylic acids is 1. The monoisotopic (exact) mass is 222 g/mol. The van der Waals surface area contributed by atoms with Crippen molar-refractivity contribution in [2.24, 2.45) is 0 Å². The maximum atomic E-state index is 10.6. The Morgan fingerprint density at radius 1 is 1.25 bits per heavy atom. The van der Waals surface area contributed by atoms with Gasteiger partial charge in [-0.15, -0.1) is 0 Å². The van der Waals surface area contributed by atoms with Crippen LogP contribution in [-0.4, -0.2) is 28.4 Å². The first-order valence-electron chi connectivity index (χ1n) is 5.33. The lowest BCUT2D eigenvalue weighted by molar-refractivity contribution is 0.0697. The number of aliphatic hydroxyl groups is 1. The van der Waals surface area contributed by atoms with E-state index in [1.165, 1.54) is 12.1 Å². The maximum absolute atomic E-state index is 10.6. The second-order valence-electron chi connectivity index (χ2n) is 4.04. The molecule has 1 fully saturated rings. The molecule has 4 nitrogen and oxygen atoms in total. The lowest BCUT2D eigenvalue weighted by atomic mass is 10.2. The lowest BCUT2D eigenvalue weighted by Gasteiger charge is -2.13. The molecule has 2 atom stereocenters. The zero-order chi connectivity index (χ0) is 11.5. The van der Waals surface area contributed by atoms with Crippen LogP contribution in [0, 0.1) is 0 Å². The summed E-state index contributed by atoms with van der Waals surface area (Å²) in [6.45, 7) is 0. The van der Waals surface area contributed by atoms with Gasteiger partial charge < -0.3 is 14.9 Å². The van der Waals surface area contributed by atoms with Crippen molar-refractivity contribution in [2.75, 3.05) is 0 Å². The predicted octanol–water partition coefficient (Wildman–Crippen LogP) is 1.68. The Hall–Kier alpha value is -1.55. The van der Waals surface area contributed by atoms with Crippen molar-refractivity contribution in [1.29, 1.82) is 0 Å². The van der Waals surface area contributed by atoms with Crippen LogP contribution in [0.4, 0.5) is 0 Å². The third-order valence-electron chi connectivity index (χ3n) is 2.76. The molecule has 1 saturated carbocycles. The van der Waals surface area contributed by atoms with Gasteiger partial charge in [0, 0.05) is 6.42 Å². The van der Waals surface area contributed by atoms with Crippen LogP contribution >= 0.6 is 0 Å². The first kappa shape index (κ1) is 11.0. The van der Waals surface area contributed by atoms with Gasteiger partial charge in [0.05, 0.1) is 11.7 Å². The summed E-state index contributed by atoms with van der Waals surface area (Å²) in [4.78, 5) is 10.6. The van der Waals surface area contributed by atoms with Gasteiger partial charge in [-0.1, -0.05) is 0 Å². The van der Waals surface area contributed by atoms with E-state index in [0.29, 0.717) is 12.2 Å². The van der Waals surface area contributed by atoms with Crippen molar-refractivity contribution >= 4 is 5.97 Å². The second-order valence-corrected chi connectivity index (χ2v) is 4.04. The number of carboxylic acid groups (broad SMARTS) is 1. The number of aliphatic hydroxyl groups excluding tert-OH is 1. The van der Waals surface area contributed by atoms with Gasteiger partial charge in [-0.3, -0.25) is 0 Å². The average molecular weight is 222 g/mol. The molecule has 0 saturated heterocycles. The van der Waals surface area contributed by atoms with Gasteiger partial charge in [0.25, 0.3) is 0 Å². The topological polar surface area (TPSA) is 66.8 Å². The lowest BCUT2D eigenvalue weighted by Crippen LogP contribution is -2.13. The molecular weight excluding hydrogens is 208 g/mol. The molecule has 0 spiro atoms. The number of carboxylic acids is 1. The zero-order valence-electron chi connectivity index (χ0n) is 8.80. The fourth-order valence-electron chi connectivity index (χ4n) is 1.89. The molecular formula is C12H14O4. The van der Waals surface area contributed by atoms with Crippen molar-refractivity contribution in [3.8, 4) is 5.75 Å². The average Bonchev–Trinajstić information content (AvgIpc) is 2.65. The van der Waals surface area contributed by atoms with E-state index < -0.39 is 5.97 Å². The fraction of sp³-hybridized carbons (Fsp3) is 0.417. The van der Waals surface area contributed by atoms with E-state index in [9.17, 15) is 9.90 Å². The van der Waals surface area contributed by atoms with E-state index in [1.54, 1.807) is 12.1 Å². The summed E-state index contributed by atoms with van der Waals surface area (Å²) >= 11 is 0. The minimum Gasteiger partial charge on any atom is -0.490 e. The number of hydrogen-bond acceptors (Lipinski definition) is 3. The van der Waals surface area contributed by atoms with E-state index in [0.717, 1.165) is 12.8 Å². The Labute approximate surface area is 93.5 Å². The summed E-state index contributed by atoms with van der Waals surface area (Å²) in [6.07, 6.45) is 2.06. The molecule has 2 rings (SSSR count). The first-order chi connectivity index (χ1) is 7.65. The van der Waals surface area contributed by atoms with Gasteiger partial charge in [0.1, 0.15) is 11.9 Å². The number of carbonyl (C=O) groups is 1. The van der Waals surface area contributed by atoms with Crippen LogP contribution in [0.15, 0.2) is 24.3 Å². The zero-order valence-corrected chi connectivity index (χ0v) is 8.80. The summed E-state index contributed by atoms with van der Waals surface area (Å²) in [5.74, 6) is -0.285. The van der Waals surface area contributed by atoms with Crippen molar-refractivity contribution in [2.45, 2.75) is 31.5 Å². The van der Waals surface area contributed by atoms with Gasteiger partial charge in [0.15, 0.2) is 0 Å². The number of ether oxygens (including phenoxy) is 1. The van der Waals surface area contributed by atoms with E-state index in [4.69, 9.17) is 9.84 Å². The van der Waals surface area contributed by atoms with Crippen molar-refractivity contribution in [1.82, 2.24) is 0 Å². The Balaban J connectivity index is 1.97. The Morgan fingerprint density at radius 3 is 2.44 bits per heavy atom. The maximum Gasteiger partial charge on any atom is 0.335 e. The van der Waals surface area contributed by atoms with Crippen molar-refractivity contribution < 1.29 is 19.7 Å². The largest absolute Gasteiger partial charge is 0.490 e. The first-order valence-corrected chi connectivity index (χ1v) is 5.33. The minimum atomic E-state index is -0.942. The van der Waals surface area contributed by atoms with Gasteiger partial charge in [-0.25, -0.2) is 4.79 Å². The Bertz CT molecular complexity index is 371. The molecule has 0 aliphatic heterocycles. The molecule has 0 heterocycles. The third-order valence-corrected chi connectivity index (χ3v) is 2.76. The van der Waals surface area contributed by atoms with Crippen molar-refractivity contribution in [3.63, 3.8) is 0 Å². The Morgan fingerprint density at radius 2 is 1.94 bits per heavy atom. The quantitative estimate of drug-likeness (QED) is 0.816. The smallest absolute Gasteiger partial charge is 0.335 e. The molecule has 1 aliphatic carbocycles. The molecule has 2 N–H and O–H groups in total. The van der Waals surface area contributed by atoms with E-state index >= 15 is 0 Å². The molecule has 1 aromatic rings. The third kappa shape index (κ3) is 2.52. The summed E-state index contributed by atoms with van der Waals surface area (Å²) in [5, 5.41) is 18.1. The highest BCUT2D eigenvalue weighted by molar-refractivity contribution is 5.87. The van der Waals surface area contributed by atoms with Gasteiger partial charge in [-0.05, 0) is 37.1 Å². The molecule has 16 heavy (non-hydrogen) atoms. The van der Waals surface area contributed by atoms with E-state index in [-0.39, 0.29) is 17.8 Å². The molecule has 0 aromatic heterocycles. The second kappa shape index (κ2) is 4.53. The minimum absolute atomic E-state index is 0.0469. The molecule has 1 aromatic carbocycles. The van der Waals surface area contributed by atoms with Crippen LogP contribution in [0.25, 0.3) is 0 Å². The summed E-state index contributed by atoms with van der Waals surface area (Å²) < 4.78 is 5.63. The summed E-state index contributed by atoms with van der Waals surface area (Å²) in [5.41, 5.74) is 0.249. The highest BCUT2D eigenvalue weighted by Gasteiger charge is 2.24. The van der Waals surface area contributed by atoms with Crippen LogP contribution in [0.2, 0.25) is 0 Å². The number of benzene rings is 1. The molecule has 0 radical (unpaired) electrons. The molecule has 86 valence electrons. The van der Waals surface area contributed by atoms with Crippen LogP contribution in [0.5, 0.6) is 5.75 Å². The molecule has 1 aliphatic rings. The summed E-state index contributed by atoms with van der Waals surface area (Å²) in [6, 6.07) is 6.33. The highest BCUT2D eigenvalue weighted by Crippen LogP contribution is 2.24. The molecule has 0 amide bonds. The van der Waals surface area contributed by atoms with Crippen LogP contribution < -0.4 is 4.74 Å². The standard InChI is InChI=1S/C12H14O4/c13-9-3-6-11(7-9)16-10-4-1-8(2-5-10)12(14)15/h1-2,4-5,9,11,13H,3,6-7H2,(H,14,15). The van der Waals surface area contributed by atoms with Gasteiger partial charge in [0.2, 0.25) is 0 Å². The SMILES string of the molecule is O=C(O)c1ccc(OC2CCC(O)C2)cc1. The van der Waals surface area contributed by atoms with E-state index in [1.807, 2.05) is 0 Å². The molecule has 4 heteroatoms. The number of rotatable bonds is 3. The van der Waals surface area contributed by atoms with Gasteiger partial charge in [-0.2, -0.15) is 0 Å². The van der Waals surface area contributed by atoms with Gasteiger partial charge >= 0.3 is 5.97 Å². The predicted molar refractivity (Wildman–Crippen MR) is 57.7 cm³/mol. The van der Waals surface area contributed by atoms with Crippen molar-refractivity contribution in [3.05, 3.63) is 29.8 Å². The van der Waals surface area contributed by atoms with Crippen LogP contribution in [-0.2, 0) is 0 Å². The number of hydrogen-bond donors (Lipinski definition) is 2. The van der Waals surface area contributed by atoms with Crippen LogP contribution in [0.3, 0.4) is 0 Å². The molecule has 2 unspecified atom stereocenters. The normalized spacial score (nSPS) is 24.3. The van der Waals surface area contributed by atoms with E-state index in [2.05, 4.69) is 0 Å². The fourth-order valence-corrected chi connectivity index (χ4v) is 1.89.